The topological polar surface area (TPSA) is 47.9 Å². The van der Waals surface area contributed by atoms with Crippen LogP contribution in [-0.4, -0.2) is 41.7 Å². The van der Waals surface area contributed by atoms with Gasteiger partial charge in [0.25, 0.3) is 0 Å². The minimum absolute atomic E-state index is 0.210. The summed E-state index contributed by atoms with van der Waals surface area (Å²) in [6.45, 7) is 7.32. The molecule has 0 saturated carbocycles. The number of likely N-dealkylation sites (tertiary alicyclic amines) is 1. The average molecular weight is 267 g/mol. The summed E-state index contributed by atoms with van der Waals surface area (Å²) in [6.07, 6.45) is 0.626. The molecule has 100 valence electrons. The molecule has 0 radical (unpaired) electrons. The van der Waals surface area contributed by atoms with E-state index in [-0.39, 0.29) is 6.10 Å². The number of thiophene rings is 1. The first kappa shape index (κ1) is 13.4. The highest BCUT2D eigenvalue weighted by Gasteiger charge is 2.22. The molecule has 2 rings (SSSR count). The summed E-state index contributed by atoms with van der Waals surface area (Å²) >= 11 is 1.79. The van der Waals surface area contributed by atoms with Gasteiger partial charge in [-0.15, -0.1) is 11.3 Å². The number of aliphatic imine (C=N–C) groups is 1. The van der Waals surface area contributed by atoms with Crippen LogP contribution >= 0.6 is 11.3 Å². The first-order chi connectivity index (χ1) is 8.69. The van der Waals surface area contributed by atoms with Crippen molar-refractivity contribution in [3.8, 4) is 0 Å². The lowest BCUT2D eigenvalue weighted by atomic mass is 10.3. The van der Waals surface area contributed by atoms with Crippen molar-refractivity contribution < 1.29 is 5.11 Å². The van der Waals surface area contributed by atoms with Crippen LogP contribution in [0.4, 0.5) is 0 Å². The molecule has 5 heteroatoms. The number of nitrogens with zero attached hydrogens (tertiary/aromatic N) is 2. The van der Waals surface area contributed by atoms with E-state index in [0.717, 1.165) is 25.5 Å². The van der Waals surface area contributed by atoms with Crippen LogP contribution in [0.5, 0.6) is 0 Å². The standard InChI is InChI=1S/C13H21N3OS/c1-3-14-13(16-7-6-11(17)9-16)15-8-12-5-4-10(2)18-12/h4-5,11,17H,3,6-9H2,1-2H3,(H,14,15)/t11-/m1/s1. The predicted octanol–water partition coefficient (Wildman–Crippen LogP) is 1.59. The SMILES string of the molecule is CCNC(=NCc1ccc(C)s1)N1CC[C@@H](O)C1. The monoisotopic (exact) mass is 267 g/mol. The Kier molecular flexibility index (Phi) is 4.60. The Morgan fingerprint density at radius 1 is 1.61 bits per heavy atom. The van der Waals surface area contributed by atoms with Crippen LogP contribution in [0.3, 0.4) is 0 Å². The molecule has 2 heterocycles. The number of β-amino-alcohol motifs (C(OH)–C–C–N with tert-alkyl or cyclic N) is 1. The molecular formula is C13H21N3OS. The van der Waals surface area contributed by atoms with E-state index in [1.54, 1.807) is 11.3 Å². The molecule has 0 spiro atoms. The van der Waals surface area contributed by atoms with Gasteiger partial charge in [-0.05, 0) is 32.4 Å². The number of aryl methyl sites for hydroxylation is 1. The Bertz CT molecular complexity index is 416. The zero-order valence-corrected chi connectivity index (χ0v) is 11.8. The van der Waals surface area contributed by atoms with Gasteiger partial charge in [0.05, 0.1) is 12.6 Å². The van der Waals surface area contributed by atoms with Gasteiger partial charge >= 0.3 is 0 Å². The number of aliphatic hydroxyl groups is 1. The van der Waals surface area contributed by atoms with Gasteiger partial charge in [0, 0.05) is 29.4 Å². The van der Waals surface area contributed by atoms with E-state index >= 15 is 0 Å². The summed E-state index contributed by atoms with van der Waals surface area (Å²) in [5.41, 5.74) is 0. The summed E-state index contributed by atoms with van der Waals surface area (Å²) in [7, 11) is 0. The van der Waals surface area contributed by atoms with Crippen LogP contribution in [-0.2, 0) is 6.54 Å². The fourth-order valence-electron chi connectivity index (χ4n) is 2.08. The fourth-order valence-corrected chi connectivity index (χ4v) is 2.90. The molecule has 0 aliphatic carbocycles. The molecule has 1 aliphatic rings. The normalized spacial score (nSPS) is 20.5. The van der Waals surface area contributed by atoms with E-state index in [1.807, 2.05) is 0 Å². The maximum Gasteiger partial charge on any atom is 0.194 e. The van der Waals surface area contributed by atoms with Crippen LogP contribution in [0, 0.1) is 6.92 Å². The Hall–Kier alpha value is -1.07. The van der Waals surface area contributed by atoms with Crippen molar-refractivity contribution in [3.05, 3.63) is 21.9 Å². The van der Waals surface area contributed by atoms with Gasteiger partial charge in [0.15, 0.2) is 5.96 Å². The van der Waals surface area contributed by atoms with Crippen molar-refractivity contribution in [3.63, 3.8) is 0 Å². The van der Waals surface area contributed by atoms with Gasteiger partial charge in [-0.25, -0.2) is 4.99 Å². The zero-order chi connectivity index (χ0) is 13.0. The van der Waals surface area contributed by atoms with Crippen LogP contribution in [0.1, 0.15) is 23.1 Å². The number of guanidine groups is 1. The smallest absolute Gasteiger partial charge is 0.194 e. The minimum atomic E-state index is -0.210. The quantitative estimate of drug-likeness (QED) is 0.646. The second-order valence-electron chi connectivity index (χ2n) is 4.57. The highest BCUT2D eigenvalue weighted by Crippen LogP contribution is 2.16. The van der Waals surface area contributed by atoms with Gasteiger partial charge in [-0.2, -0.15) is 0 Å². The van der Waals surface area contributed by atoms with E-state index in [2.05, 4.69) is 41.2 Å². The molecule has 18 heavy (non-hydrogen) atoms. The van der Waals surface area contributed by atoms with Crippen LogP contribution in [0.25, 0.3) is 0 Å². The zero-order valence-electron chi connectivity index (χ0n) is 11.0. The average Bonchev–Trinajstić information content (AvgIpc) is 2.94. The maximum absolute atomic E-state index is 9.58. The third-order valence-corrected chi connectivity index (χ3v) is 3.96. The maximum atomic E-state index is 9.58. The van der Waals surface area contributed by atoms with Crippen molar-refractivity contribution in [1.82, 2.24) is 10.2 Å². The van der Waals surface area contributed by atoms with Gasteiger partial charge in [0.1, 0.15) is 0 Å². The van der Waals surface area contributed by atoms with Crippen LogP contribution in [0.2, 0.25) is 0 Å². The third kappa shape index (κ3) is 3.46. The molecule has 0 amide bonds. The van der Waals surface area contributed by atoms with Gasteiger partial charge in [-0.1, -0.05) is 0 Å². The highest BCUT2D eigenvalue weighted by atomic mass is 32.1. The van der Waals surface area contributed by atoms with Crippen molar-refractivity contribution in [1.29, 1.82) is 0 Å². The Labute approximate surface area is 112 Å². The van der Waals surface area contributed by atoms with E-state index < -0.39 is 0 Å². The number of nitrogens with one attached hydrogen (secondary N) is 1. The first-order valence-corrected chi connectivity index (χ1v) is 7.27. The summed E-state index contributed by atoms with van der Waals surface area (Å²) in [5, 5.41) is 12.9. The van der Waals surface area contributed by atoms with Crippen LogP contribution in [0.15, 0.2) is 17.1 Å². The molecule has 0 unspecified atom stereocenters. The van der Waals surface area contributed by atoms with E-state index in [0.29, 0.717) is 13.1 Å². The molecule has 1 atom stereocenters. The molecule has 0 bridgehead atoms. The lowest BCUT2D eigenvalue weighted by Crippen LogP contribution is -2.40. The molecule has 0 aromatic carbocycles. The van der Waals surface area contributed by atoms with Crippen LogP contribution < -0.4 is 5.32 Å². The molecule has 4 nitrogen and oxygen atoms in total. The predicted molar refractivity (Wildman–Crippen MR) is 76.1 cm³/mol. The fraction of sp³-hybridized carbons (Fsp3) is 0.615. The second-order valence-corrected chi connectivity index (χ2v) is 5.94. The largest absolute Gasteiger partial charge is 0.391 e. The summed E-state index contributed by atoms with van der Waals surface area (Å²) in [6, 6.07) is 4.26. The number of rotatable bonds is 3. The summed E-state index contributed by atoms with van der Waals surface area (Å²) < 4.78 is 0. The highest BCUT2D eigenvalue weighted by molar-refractivity contribution is 7.11. The number of aliphatic hydroxyl groups excluding tert-OH is 1. The summed E-state index contributed by atoms with van der Waals surface area (Å²) in [4.78, 5) is 9.38. The van der Waals surface area contributed by atoms with Gasteiger partial charge in [0.2, 0.25) is 0 Å². The minimum Gasteiger partial charge on any atom is -0.391 e. The number of hydrogen-bond donors (Lipinski definition) is 2. The van der Waals surface area contributed by atoms with Gasteiger partial charge in [-0.3, -0.25) is 0 Å². The van der Waals surface area contributed by atoms with E-state index in [4.69, 9.17) is 0 Å². The molecule has 1 saturated heterocycles. The molecule has 1 fully saturated rings. The third-order valence-electron chi connectivity index (χ3n) is 2.98. The van der Waals surface area contributed by atoms with Crippen molar-refractivity contribution in [2.24, 2.45) is 4.99 Å². The molecule has 2 N–H and O–H groups in total. The Balaban J connectivity index is 2.00. The molecular weight excluding hydrogens is 246 g/mol. The van der Waals surface area contributed by atoms with Crippen molar-refractivity contribution >= 4 is 17.3 Å². The second kappa shape index (κ2) is 6.20. The number of hydrogen-bond acceptors (Lipinski definition) is 3. The lowest BCUT2D eigenvalue weighted by molar-refractivity contribution is 0.188. The lowest BCUT2D eigenvalue weighted by Gasteiger charge is -2.20. The van der Waals surface area contributed by atoms with Crippen molar-refractivity contribution in [2.75, 3.05) is 19.6 Å². The first-order valence-electron chi connectivity index (χ1n) is 6.45. The van der Waals surface area contributed by atoms with Gasteiger partial charge < -0.3 is 15.3 Å². The van der Waals surface area contributed by atoms with E-state index in [1.165, 1.54) is 9.75 Å². The summed E-state index contributed by atoms with van der Waals surface area (Å²) in [5.74, 6) is 0.917. The molecule has 1 aliphatic heterocycles. The Morgan fingerprint density at radius 2 is 2.44 bits per heavy atom. The van der Waals surface area contributed by atoms with E-state index in [9.17, 15) is 5.11 Å². The molecule has 1 aromatic heterocycles. The molecule has 1 aromatic rings. The Morgan fingerprint density at radius 3 is 3.00 bits per heavy atom. The van der Waals surface area contributed by atoms with Crippen molar-refractivity contribution in [2.45, 2.75) is 32.9 Å².